The van der Waals surface area contributed by atoms with Gasteiger partial charge in [-0.25, -0.2) is 9.36 Å². The van der Waals surface area contributed by atoms with Crippen LogP contribution in [0.2, 0.25) is 0 Å². The lowest BCUT2D eigenvalue weighted by molar-refractivity contribution is 0.885. The van der Waals surface area contributed by atoms with Crippen LogP contribution < -0.4 is 17.2 Å². The van der Waals surface area contributed by atoms with Gasteiger partial charge in [0.2, 0.25) is 11.9 Å². The van der Waals surface area contributed by atoms with Crippen molar-refractivity contribution in [3.63, 3.8) is 0 Å². The summed E-state index contributed by atoms with van der Waals surface area (Å²) in [6.45, 7) is 0. The summed E-state index contributed by atoms with van der Waals surface area (Å²) >= 11 is 0. The molecule has 0 aliphatic heterocycles. The zero-order chi connectivity index (χ0) is 10.8. The molecule has 1 heterocycles. The van der Waals surface area contributed by atoms with Gasteiger partial charge in [-0.15, -0.1) is 0 Å². The molecule has 0 bridgehead atoms. The zero-order valence-corrected chi connectivity index (χ0v) is 7.79. The van der Waals surface area contributed by atoms with Crippen molar-refractivity contribution in [3.05, 3.63) is 40.8 Å². The topological polar surface area (TPSA) is 99.8 Å². The van der Waals surface area contributed by atoms with Crippen LogP contribution >= 0.6 is 0 Å². The van der Waals surface area contributed by atoms with Gasteiger partial charge in [-0.2, -0.15) is 9.97 Å². The van der Waals surface area contributed by atoms with E-state index in [-0.39, 0.29) is 11.9 Å². The van der Waals surface area contributed by atoms with Crippen LogP contribution in [0.1, 0.15) is 0 Å². The zero-order valence-electron chi connectivity index (χ0n) is 7.79. The molecule has 0 radical (unpaired) electrons. The van der Waals surface area contributed by atoms with Crippen LogP contribution in [-0.2, 0) is 0 Å². The SMILES string of the molecule is Nc1nc(N)n(-c2ccccc2)c(=O)n1. The molecule has 4 N–H and O–H groups in total. The lowest BCUT2D eigenvalue weighted by Crippen LogP contribution is -2.26. The number of aromatic nitrogens is 3. The molecule has 0 amide bonds. The minimum Gasteiger partial charge on any atom is -0.369 e. The third kappa shape index (κ3) is 1.64. The molecule has 0 atom stereocenters. The summed E-state index contributed by atoms with van der Waals surface area (Å²) in [6, 6.07) is 8.88. The predicted octanol–water partition coefficient (Wildman–Crippen LogP) is -0.208. The van der Waals surface area contributed by atoms with Crippen LogP contribution in [0.25, 0.3) is 5.69 Å². The Morgan fingerprint density at radius 3 is 2.33 bits per heavy atom. The molecule has 6 heteroatoms. The van der Waals surface area contributed by atoms with E-state index in [1.54, 1.807) is 24.3 Å². The van der Waals surface area contributed by atoms with Gasteiger partial charge in [-0.05, 0) is 12.1 Å². The van der Waals surface area contributed by atoms with Crippen molar-refractivity contribution in [1.82, 2.24) is 14.5 Å². The molecule has 0 aliphatic rings. The second-order valence-electron chi connectivity index (χ2n) is 2.89. The van der Waals surface area contributed by atoms with Crippen molar-refractivity contribution in [2.24, 2.45) is 0 Å². The fourth-order valence-electron chi connectivity index (χ4n) is 1.26. The van der Waals surface area contributed by atoms with Gasteiger partial charge in [0.1, 0.15) is 0 Å². The molecule has 1 aromatic heterocycles. The maximum absolute atomic E-state index is 11.5. The molecule has 0 spiro atoms. The molecule has 0 fully saturated rings. The summed E-state index contributed by atoms with van der Waals surface area (Å²) in [7, 11) is 0. The summed E-state index contributed by atoms with van der Waals surface area (Å²) in [6.07, 6.45) is 0. The second-order valence-corrected chi connectivity index (χ2v) is 2.89. The largest absolute Gasteiger partial charge is 0.369 e. The molecule has 0 aliphatic carbocycles. The van der Waals surface area contributed by atoms with Crippen molar-refractivity contribution in [1.29, 1.82) is 0 Å². The van der Waals surface area contributed by atoms with Gasteiger partial charge in [-0.1, -0.05) is 18.2 Å². The molecule has 2 rings (SSSR count). The van der Waals surface area contributed by atoms with Gasteiger partial charge in [0, 0.05) is 0 Å². The van der Waals surface area contributed by atoms with E-state index in [0.29, 0.717) is 5.69 Å². The standard InChI is InChI=1S/C9H9N5O/c10-7-12-8(11)14(9(15)13-7)6-4-2-1-3-5-6/h1-5H,(H4,10,11,12,13,15). The molecule has 15 heavy (non-hydrogen) atoms. The van der Waals surface area contributed by atoms with Crippen LogP contribution in [0.3, 0.4) is 0 Å². The van der Waals surface area contributed by atoms with Gasteiger partial charge in [0.05, 0.1) is 5.69 Å². The molecule has 0 saturated heterocycles. The molecule has 6 nitrogen and oxygen atoms in total. The molecular weight excluding hydrogens is 194 g/mol. The molecule has 2 aromatic rings. The average molecular weight is 203 g/mol. The van der Waals surface area contributed by atoms with Crippen LogP contribution in [0, 0.1) is 0 Å². The first-order valence-corrected chi connectivity index (χ1v) is 4.26. The van der Waals surface area contributed by atoms with Gasteiger partial charge < -0.3 is 11.5 Å². The number of hydrogen-bond donors (Lipinski definition) is 2. The Hall–Kier alpha value is -2.37. The summed E-state index contributed by atoms with van der Waals surface area (Å²) < 4.78 is 1.19. The van der Waals surface area contributed by atoms with E-state index in [1.807, 2.05) is 6.07 Å². The van der Waals surface area contributed by atoms with E-state index in [2.05, 4.69) is 9.97 Å². The quantitative estimate of drug-likeness (QED) is 0.668. The Labute approximate surface area is 85.2 Å². The first-order chi connectivity index (χ1) is 7.18. The van der Waals surface area contributed by atoms with E-state index in [0.717, 1.165) is 0 Å². The highest BCUT2D eigenvalue weighted by molar-refractivity contribution is 5.39. The van der Waals surface area contributed by atoms with Crippen LogP contribution in [0.15, 0.2) is 35.1 Å². The minimum absolute atomic E-state index is 0.0266. The fourth-order valence-corrected chi connectivity index (χ4v) is 1.26. The Morgan fingerprint density at radius 2 is 1.73 bits per heavy atom. The third-order valence-corrected chi connectivity index (χ3v) is 1.87. The van der Waals surface area contributed by atoms with Gasteiger partial charge in [0.15, 0.2) is 0 Å². The Bertz CT molecular complexity index is 534. The third-order valence-electron chi connectivity index (χ3n) is 1.87. The van der Waals surface area contributed by atoms with Crippen molar-refractivity contribution in [3.8, 4) is 5.69 Å². The average Bonchev–Trinajstić information content (AvgIpc) is 2.17. The summed E-state index contributed by atoms with van der Waals surface area (Å²) in [4.78, 5) is 18.7. The second kappa shape index (κ2) is 3.41. The van der Waals surface area contributed by atoms with Crippen LogP contribution in [0.4, 0.5) is 11.9 Å². The van der Waals surface area contributed by atoms with Crippen molar-refractivity contribution < 1.29 is 0 Å². The fraction of sp³-hybridized carbons (Fsp3) is 0. The molecule has 0 unspecified atom stereocenters. The summed E-state index contributed by atoms with van der Waals surface area (Å²) in [5, 5.41) is 0. The number of anilines is 2. The van der Waals surface area contributed by atoms with E-state index in [9.17, 15) is 4.79 Å². The first kappa shape index (κ1) is 9.20. The lowest BCUT2D eigenvalue weighted by Gasteiger charge is -2.06. The van der Waals surface area contributed by atoms with Gasteiger partial charge >= 0.3 is 5.69 Å². The van der Waals surface area contributed by atoms with Crippen LogP contribution in [0.5, 0.6) is 0 Å². The first-order valence-electron chi connectivity index (χ1n) is 4.26. The van der Waals surface area contributed by atoms with Crippen LogP contribution in [-0.4, -0.2) is 14.5 Å². The van der Waals surface area contributed by atoms with Crippen molar-refractivity contribution in [2.75, 3.05) is 11.5 Å². The summed E-state index contributed by atoms with van der Waals surface area (Å²) in [5.41, 5.74) is 11.0. The van der Waals surface area contributed by atoms with Crippen molar-refractivity contribution in [2.45, 2.75) is 0 Å². The number of nitrogens with zero attached hydrogens (tertiary/aromatic N) is 3. The Morgan fingerprint density at radius 1 is 1.07 bits per heavy atom. The number of para-hydroxylation sites is 1. The highest BCUT2D eigenvalue weighted by atomic mass is 16.1. The number of nitrogen functional groups attached to an aromatic ring is 2. The monoisotopic (exact) mass is 203 g/mol. The molecule has 1 aromatic carbocycles. The molecule has 0 saturated carbocycles. The number of benzene rings is 1. The van der Waals surface area contributed by atoms with Gasteiger partial charge in [-0.3, -0.25) is 0 Å². The van der Waals surface area contributed by atoms with Gasteiger partial charge in [0.25, 0.3) is 0 Å². The number of hydrogen-bond acceptors (Lipinski definition) is 5. The number of nitrogens with two attached hydrogens (primary N) is 2. The van der Waals surface area contributed by atoms with E-state index in [1.165, 1.54) is 4.57 Å². The van der Waals surface area contributed by atoms with E-state index in [4.69, 9.17) is 11.5 Å². The van der Waals surface area contributed by atoms with Crippen molar-refractivity contribution >= 4 is 11.9 Å². The molecule has 76 valence electrons. The smallest absolute Gasteiger partial charge is 0.358 e. The Kier molecular flexibility index (Phi) is 2.09. The van der Waals surface area contributed by atoms with E-state index < -0.39 is 5.69 Å². The van der Waals surface area contributed by atoms with E-state index >= 15 is 0 Å². The highest BCUT2D eigenvalue weighted by Crippen LogP contribution is 2.07. The minimum atomic E-state index is -0.536. The predicted molar refractivity (Wildman–Crippen MR) is 56.5 cm³/mol. The highest BCUT2D eigenvalue weighted by Gasteiger charge is 2.06. The Balaban J connectivity index is 2.69. The molecular formula is C9H9N5O. The normalized spacial score (nSPS) is 10.1. The maximum Gasteiger partial charge on any atom is 0.358 e. The maximum atomic E-state index is 11.5. The lowest BCUT2D eigenvalue weighted by atomic mass is 10.3. The summed E-state index contributed by atoms with van der Waals surface area (Å²) in [5.74, 6) is -0.0941. The number of rotatable bonds is 1.